The Morgan fingerprint density at radius 2 is 1.11 bits per heavy atom. The standard InChI is InChI=1S/C44H53N/c1-10-17-26-40(23-12-3)44(41-27-20-19-21-28-41)30-22-25-37(8)31-32-38(14-5)33-34-39(15-6)35-36-42(16-7)45(9)43(24-13-4)29-18-11-2/h10-36H,8H2,1-7,9H3/b17-10-,18-11-,23-12-,24-13-,25-22?,32-31-,34-33-,36-35-,38-14+,39-15-,40-26+,42-16+,43-29+,44-30?. The van der Waals surface area contributed by atoms with Crippen LogP contribution in [0.2, 0.25) is 0 Å². The summed E-state index contributed by atoms with van der Waals surface area (Å²) in [5.41, 5.74) is 8.87. The monoisotopic (exact) mass is 595 g/mol. The summed E-state index contributed by atoms with van der Waals surface area (Å²) >= 11 is 0. The summed E-state index contributed by atoms with van der Waals surface area (Å²) < 4.78 is 0. The summed E-state index contributed by atoms with van der Waals surface area (Å²) in [5, 5.41) is 0. The van der Waals surface area contributed by atoms with E-state index in [1.54, 1.807) is 0 Å². The van der Waals surface area contributed by atoms with Crippen LogP contribution in [0.3, 0.4) is 0 Å². The molecule has 0 aliphatic rings. The Bertz CT molecular complexity index is 1490. The second-order valence-corrected chi connectivity index (χ2v) is 10.00. The maximum Gasteiger partial charge on any atom is 0.0404 e. The first-order chi connectivity index (χ1) is 21.9. The van der Waals surface area contributed by atoms with Crippen molar-refractivity contribution in [3.8, 4) is 0 Å². The number of benzene rings is 1. The van der Waals surface area contributed by atoms with Gasteiger partial charge in [-0.1, -0.05) is 152 Å². The van der Waals surface area contributed by atoms with Gasteiger partial charge in [0.1, 0.15) is 0 Å². The molecule has 0 aliphatic heterocycles. The number of allylic oxidation sites excluding steroid dienone is 27. The van der Waals surface area contributed by atoms with Crippen LogP contribution in [0.15, 0.2) is 204 Å². The van der Waals surface area contributed by atoms with Crippen LogP contribution in [-0.4, -0.2) is 11.9 Å². The van der Waals surface area contributed by atoms with E-state index in [1.807, 2.05) is 58.1 Å². The number of rotatable bonds is 16. The highest BCUT2D eigenvalue weighted by Crippen LogP contribution is 2.25. The van der Waals surface area contributed by atoms with Gasteiger partial charge in [0.15, 0.2) is 0 Å². The molecule has 0 atom stereocenters. The van der Waals surface area contributed by atoms with Gasteiger partial charge in [0, 0.05) is 18.4 Å². The molecule has 0 aromatic heterocycles. The molecule has 1 aromatic carbocycles. The maximum atomic E-state index is 4.25. The van der Waals surface area contributed by atoms with Crippen molar-refractivity contribution in [3.05, 3.63) is 210 Å². The van der Waals surface area contributed by atoms with Crippen LogP contribution < -0.4 is 0 Å². The average molecular weight is 596 g/mol. The zero-order valence-corrected chi connectivity index (χ0v) is 28.7. The Labute approximate surface area is 275 Å². The van der Waals surface area contributed by atoms with Gasteiger partial charge < -0.3 is 4.90 Å². The number of hydrogen-bond donors (Lipinski definition) is 0. The molecule has 0 aliphatic carbocycles. The van der Waals surface area contributed by atoms with E-state index >= 15 is 0 Å². The summed E-state index contributed by atoms with van der Waals surface area (Å²) in [7, 11) is 2.09. The van der Waals surface area contributed by atoms with Crippen molar-refractivity contribution in [2.24, 2.45) is 0 Å². The molecule has 0 spiro atoms. The first kappa shape index (κ1) is 38.1. The molecule has 234 valence electrons. The van der Waals surface area contributed by atoms with Crippen molar-refractivity contribution in [2.45, 2.75) is 48.5 Å². The molecular weight excluding hydrogens is 542 g/mol. The highest BCUT2D eigenvalue weighted by molar-refractivity contribution is 5.83. The van der Waals surface area contributed by atoms with Gasteiger partial charge in [-0.3, -0.25) is 0 Å². The fourth-order valence-electron chi connectivity index (χ4n) is 4.18. The SMILES string of the molecule is C=C(C=CC=C(C(/C=C\C)=C/C=C\C)c1ccccc1)\C=C/C(/C=C\C(\C=C/C(=C\C)N(C)C(/C=C\C)=C/C=C\C)=C\C)=C\C. The molecule has 0 bridgehead atoms. The van der Waals surface area contributed by atoms with Gasteiger partial charge in [-0.2, -0.15) is 0 Å². The van der Waals surface area contributed by atoms with Gasteiger partial charge in [0.25, 0.3) is 0 Å². The molecule has 0 radical (unpaired) electrons. The lowest BCUT2D eigenvalue weighted by Crippen LogP contribution is -2.14. The van der Waals surface area contributed by atoms with Crippen LogP contribution in [0.5, 0.6) is 0 Å². The Hall–Kier alpha value is -4.88. The van der Waals surface area contributed by atoms with Crippen molar-refractivity contribution < 1.29 is 0 Å². The molecule has 1 rings (SSSR count). The van der Waals surface area contributed by atoms with Gasteiger partial charge >= 0.3 is 0 Å². The Balaban J connectivity index is 3.11. The Kier molecular flexibility index (Phi) is 20.0. The van der Waals surface area contributed by atoms with E-state index < -0.39 is 0 Å². The lowest BCUT2D eigenvalue weighted by molar-refractivity contribution is 0.553. The van der Waals surface area contributed by atoms with Crippen molar-refractivity contribution in [2.75, 3.05) is 7.05 Å². The highest BCUT2D eigenvalue weighted by atomic mass is 15.1. The van der Waals surface area contributed by atoms with E-state index in [0.717, 1.165) is 39.3 Å². The normalized spacial score (nSPS) is 15.3. The Morgan fingerprint density at radius 3 is 1.67 bits per heavy atom. The number of likely N-dealkylation sites (N-methyl/N-ethyl adjacent to an activating group) is 1. The summed E-state index contributed by atoms with van der Waals surface area (Å²) in [6, 6.07) is 10.5. The molecule has 0 heterocycles. The lowest BCUT2D eigenvalue weighted by Gasteiger charge is -2.21. The van der Waals surface area contributed by atoms with E-state index in [0.29, 0.717) is 0 Å². The molecule has 0 saturated heterocycles. The fraction of sp³-hybridized carbons (Fsp3) is 0.182. The van der Waals surface area contributed by atoms with Crippen molar-refractivity contribution in [1.82, 2.24) is 4.90 Å². The topological polar surface area (TPSA) is 3.24 Å². The molecule has 0 saturated carbocycles. The number of hydrogen-bond acceptors (Lipinski definition) is 1. The minimum atomic E-state index is 0.922. The number of nitrogens with zero attached hydrogens (tertiary/aromatic N) is 1. The summed E-state index contributed by atoms with van der Waals surface area (Å²) in [5.74, 6) is 0. The van der Waals surface area contributed by atoms with E-state index in [1.165, 1.54) is 5.56 Å². The first-order valence-corrected chi connectivity index (χ1v) is 15.7. The quantitative estimate of drug-likeness (QED) is 0.172. The summed E-state index contributed by atoms with van der Waals surface area (Å²) in [4.78, 5) is 2.19. The van der Waals surface area contributed by atoms with Gasteiger partial charge in [0.05, 0.1) is 0 Å². The van der Waals surface area contributed by atoms with Crippen LogP contribution in [0.4, 0.5) is 0 Å². The minimum Gasteiger partial charge on any atom is -0.345 e. The maximum absolute atomic E-state index is 4.25. The van der Waals surface area contributed by atoms with Crippen molar-refractivity contribution in [1.29, 1.82) is 0 Å². The molecular formula is C44H53N. The van der Waals surface area contributed by atoms with Crippen molar-refractivity contribution >= 4 is 5.57 Å². The summed E-state index contributed by atoms with van der Waals surface area (Å²) in [6.45, 7) is 18.6. The molecule has 1 aromatic rings. The highest BCUT2D eigenvalue weighted by Gasteiger charge is 2.05. The van der Waals surface area contributed by atoms with Gasteiger partial charge in [0.2, 0.25) is 0 Å². The zero-order valence-electron chi connectivity index (χ0n) is 28.7. The molecule has 1 nitrogen and oxygen atoms in total. The molecule has 0 amide bonds. The third kappa shape index (κ3) is 14.9. The van der Waals surface area contributed by atoms with Crippen LogP contribution in [0, 0.1) is 0 Å². The molecule has 0 fully saturated rings. The van der Waals surface area contributed by atoms with Gasteiger partial charge in [-0.15, -0.1) is 0 Å². The van der Waals surface area contributed by atoms with Crippen LogP contribution in [0.25, 0.3) is 5.57 Å². The predicted octanol–water partition coefficient (Wildman–Crippen LogP) is 12.7. The predicted molar refractivity (Wildman–Crippen MR) is 205 cm³/mol. The molecule has 45 heavy (non-hydrogen) atoms. The fourth-order valence-corrected chi connectivity index (χ4v) is 4.18. The molecule has 0 N–H and O–H groups in total. The van der Waals surface area contributed by atoms with Gasteiger partial charge in [-0.25, -0.2) is 0 Å². The van der Waals surface area contributed by atoms with Crippen LogP contribution in [0.1, 0.15) is 54.0 Å². The first-order valence-electron chi connectivity index (χ1n) is 15.7. The third-order valence-electron chi connectivity index (χ3n) is 6.72. The molecule has 1 heteroatoms. The van der Waals surface area contributed by atoms with Gasteiger partial charge in [-0.05, 0) is 100 Å². The Morgan fingerprint density at radius 1 is 0.533 bits per heavy atom. The van der Waals surface area contributed by atoms with E-state index in [2.05, 4.69) is 173 Å². The van der Waals surface area contributed by atoms with E-state index in [9.17, 15) is 0 Å². The second kappa shape index (κ2) is 23.6. The van der Waals surface area contributed by atoms with E-state index in [4.69, 9.17) is 0 Å². The lowest BCUT2D eigenvalue weighted by atomic mass is 9.96. The van der Waals surface area contributed by atoms with E-state index in [-0.39, 0.29) is 0 Å². The summed E-state index contributed by atoms with van der Waals surface area (Å²) in [6.07, 6.45) is 46.2. The zero-order chi connectivity index (χ0) is 33.3. The largest absolute Gasteiger partial charge is 0.345 e. The van der Waals surface area contributed by atoms with Crippen LogP contribution in [-0.2, 0) is 0 Å². The third-order valence-corrected chi connectivity index (χ3v) is 6.72. The molecule has 0 unspecified atom stereocenters. The minimum absolute atomic E-state index is 0.922. The van der Waals surface area contributed by atoms with Crippen molar-refractivity contribution in [3.63, 3.8) is 0 Å². The second-order valence-electron chi connectivity index (χ2n) is 10.00. The average Bonchev–Trinajstić information content (AvgIpc) is 3.06. The van der Waals surface area contributed by atoms with Crippen LogP contribution >= 0.6 is 0 Å². The smallest absolute Gasteiger partial charge is 0.0404 e.